The third kappa shape index (κ3) is 7.03. The number of imidazole rings is 1. The summed E-state index contributed by atoms with van der Waals surface area (Å²) in [6.07, 6.45) is 8.26. The third-order valence-corrected chi connectivity index (χ3v) is 5.62. The van der Waals surface area contributed by atoms with Gasteiger partial charge in [-0.25, -0.2) is 4.98 Å². The van der Waals surface area contributed by atoms with Crippen molar-refractivity contribution >= 4 is 33.6 Å². The molecule has 4 aromatic rings. The standard InChI is InChI=1S/C16H19B.C10H9BrN2/c1-2-3-14-17(15-10-6-4-7-11-15)16-12-8-5-9-13-16;11-9-3-1-8(2-4-9)7-10-12-5-6-13-10/h4-13H,2-3,14H2,1H3;1-6H,7H2,(H,12,13). The molecule has 4 heteroatoms. The number of aromatic nitrogens is 2. The molecule has 0 aliphatic heterocycles. The van der Waals surface area contributed by atoms with E-state index in [1.807, 2.05) is 18.3 Å². The van der Waals surface area contributed by atoms with E-state index in [1.165, 1.54) is 35.7 Å². The lowest BCUT2D eigenvalue weighted by atomic mass is 9.38. The van der Waals surface area contributed by atoms with Gasteiger partial charge in [-0.1, -0.05) is 126 Å². The summed E-state index contributed by atoms with van der Waals surface area (Å²) in [5, 5.41) is 0. The Morgan fingerprint density at radius 2 is 1.43 bits per heavy atom. The van der Waals surface area contributed by atoms with Crippen LogP contribution in [-0.4, -0.2) is 16.7 Å². The molecule has 152 valence electrons. The van der Waals surface area contributed by atoms with E-state index < -0.39 is 0 Å². The Hall–Kier alpha value is -2.59. The maximum absolute atomic E-state index is 4.17. The van der Waals surface area contributed by atoms with E-state index in [-0.39, 0.29) is 0 Å². The summed E-state index contributed by atoms with van der Waals surface area (Å²) in [6, 6.07) is 30.0. The van der Waals surface area contributed by atoms with Crippen molar-refractivity contribution in [1.29, 1.82) is 0 Å². The Morgan fingerprint density at radius 1 is 0.833 bits per heavy atom. The van der Waals surface area contributed by atoms with Crippen molar-refractivity contribution < 1.29 is 0 Å². The maximum atomic E-state index is 4.17. The average Bonchev–Trinajstić information content (AvgIpc) is 3.31. The molecule has 0 bridgehead atoms. The van der Waals surface area contributed by atoms with Crippen LogP contribution in [0.1, 0.15) is 31.2 Å². The lowest BCUT2D eigenvalue weighted by Crippen LogP contribution is -2.41. The molecule has 1 N–H and O–H groups in total. The fourth-order valence-electron chi connectivity index (χ4n) is 3.49. The molecule has 2 nitrogen and oxygen atoms in total. The molecule has 1 aromatic heterocycles. The molecule has 0 spiro atoms. The topological polar surface area (TPSA) is 28.7 Å². The molecule has 4 rings (SSSR count). The normalized spacial score (nSPS) is 10.2. The van der Waals surface area contributed by atoms with Crippen molar-refractivity contribution in [3.8, 4) is 0 Å². The molecule has 3 aromatic carbocycles. The quantitative estimate of drug-likeness (QED) is 0.345. The number of H-pyrrole nitrogens is 1. The minimum atomic E-state index is 0.553. The fraction of sp³-hybridized carbons (Fsp3) is 0.192. The van der Waals surface area contributed by atoms with Gasteiger partial charge < -0.3 is 4.98 Å². The van der Waals surface area contributed by atoms with Gasteiger partial charge in [-0.15, -0.1) is 0 Å². The van der Waals surface area contributed by atoms with Crippen LogP contribution in [0.5, 0.6) is 0 Å². The number of nitrogens with zero attached hydrogens (tertiary/aromatic N) is 1. The molecule has 1 heterocycles. The van der Waals surface area contributed by atoms with Gasteiger partial charge in [0.25, 0.3) is 0 Å². The largest absolute Gasteiger partial charge is 0.348 e. The van der Waals surface area contributed by atoms with Gasteiger partial charge in [0.1, 0.15) is 5.82 Å². The first-order chi connectivity index (χ1) is 14.8. The smallest absolute Gasteiger partial charge is 0.209 e. The molecule has 0 radical (unpaired) electrons. The van der Waals surface area contributed by atoms with E-state index in [9.17, 15) is 0 Å². The molecule has 0 saturated carbocycles. The lowest BCUT2D eigenvalue weighted by Gasteiger charge is -2.14. The zero-order valence-corrected chi connectivity index (χ0v) is 19.1. The second kappa shape index (κ2) is 12.2. The number of nitrogens with one attached hydrogen (secondary N) is 1. The Morgan fingerprint density at radius 3 is 1.93 bits per heavy atom. The monoisotopic (exact) mass is 458 g/mol. The highest BCUT2D eigenvalue weighted by molar-refractivity contribution is 9.10. The van der Waals surface area contributed by atoms with E-state index in [2.05, 4.69) is 106 Å². The van der Waals surface area contributed by atoms with Crippen LogP contribution < -0.4 is 10.9 Å². The molecule has 0 fully saturated rings. The maximum Gasteiger partial charge on any atom is 0.209 e. The van der Waals surface area contributed by atoms with Gasteiger partial charge >= 0.3 is 0 Å². The number of hydrogen-bond acceptors (Lipinski definition) is 1. The number of aromatic amines is 1. The van der Waals surface area contributed by atoms with Crippen LogP contribution in [0.25, 0.3) is 0 Å². The predicted molar refractivity (Wildman–Crippen MR) is 133 cm³/mol. The molecule has 30 heavy (non-hydrogen) atoms. The zero-order valence-electron chi connectivity index (χ0n) is 17.5. The van der Waals surface area contributed by atoms with Gasteiger partial charge in [0.2, 0.25) is 6.71 Å². The summed E-state index contributed by atoms with van der Waals surface area (Å²) in [5.74, 6) is 1.00. The van der Waals surface area contributed by atoms with Gasteiger partial charge in [-0.3, -0.25) is 0 Å². The van der Waals surface area contributed by atoms with E-state index in [0.717, 1.165) is 16.7 Å². The van der Waals surface area contributed by atoms with E-state index in [0.29, 0.717) is 6.71 Å². The zero-order chi connectivity index (χ0) is 21.0. The molecular weight excluding hydrogens is 431 g/mol. The minimum absolute atomic E-state index is 0.553. The average molecular weight is 459 g/mol. The molecule has 0 aliphatic carbocycles. The number of hydrogen-bond donors (Lipinski definition) is 1. The molecule has 0 aliphatic rings. The first-order valence-corrected chi connectivity index (χ1v) is 11.4. The fourth-order valence-corrected chi connectivity index (χ4v) is 3.76. The summed E-state index contributed by atoms with van der Waals surface area (Å²) < 4.78 is 1.11. The first-order valence-electron chi connectivity index (χ1n) is 10.6. The highest BCUT2D eigenvalue weighted by atomic mass is 79.9. The second-order valence-electron chi connectivity index (χ2n) is 7.36. The van der Waals surface area contributed by atoms with Crippen LogP contribution in [0.4, 0.5) is 0 Å². The van der Waals surface area contributed by atoms with Crippen LogP contribution in [-0.2, 0) is 6.42 Å². The van der Waals surface area contributed by atoms with Gasteiger partial charge in [0.15, 0.2) is 0 Å². The van der Waals surface area contributed by atoms with E-state index in [4.69, 9.17) is 0 Å². The number of benzene rings is 3. The van der Waals surface area contributed by atoms with E-state index in [1.54, 1.807) is 6.20 Å². The van der Waals surface area contributed by atoms with Crippen molar-refractivity contribution in [3.63, 3.8) is 0 Å². The van der Waals surface area contributed by atoms with Crippen LogP contribution in [0.2, 0.25) is 6.32 Å². The SMILES string of the molecule is Brc1ccc(Cc2ncc[nH]2)cc1.CCCCB(c1ccccc1)c1ccccc1. The number of halogens is 1. The molecule has 0 amide bonds. The lowest BCUT2D eigenvalue weighted by molar-refractivity contribution is 0.878. The highest BCUT2D eigenvalue weighted by Crippen LogP contribution is 2.12. The Kier molecular flexibility index (Phi) is 8.98. The molecular formula is C26H28BBrN2. The summed E-state index contributed by atoms with van der Waals surface area (Å²) in [7, 11) is 0. The Balaban J connectivity index is 0.000000177. The highest BCUT2D eigenvalue weighted by Gasteiger charge is 2.17. The van der Waals surface area contributed by atoms with Gasteiger partial charge in [-0.05, 0) is 17.7 Å². The molecule has 0 unspecified atom stereocenters. The Bertz CT molecular complexity index is 916. The van der Waals surface area contributed by atoms with Gasteiger partial charge in [0.05, 0.1) is 0 Å². The molecule has 0 saturated heterocycles. The number of unbranched alkanes of at least 4 members (excludes halogenated alkanes) is 1. The summed E-state index contributed by atoms with van der Waals surface area (Å²) in [6.45, 7) is 2.81. The van der Waals surface area contributed by atoms with E-state index >= 15 is 0 Å². The van der Waals surface area contributed by atoms with Crippen molar-refractivity contribution in [2.75, 3.05) is 0 Å². The van der Waals surface area contributed by atoms with Crippen molar-refractivity contribution in [3.05, 3.63) is 113 Å². The van der Waals surface area contributed by atoms with Gasteiger partial charge in [0, 0.05) is 23.3 Å². The summed E-state index contributed by atoms with van der Waals surface area (Å²) in [4.78, 5) is 7.24. The third-order valence-electron chi connectivity index (χ3n) is 5.09. The summed E-state index contributed by atoms with van der Waals surface area (Å²) >= 11 is 3.40. The Labute approximate surface area is 189 Å². The van der Waals surface area contributed by atoms with Crippen molar-refractivity contribution in [2.45, 2.75) is 32.5 Å². The molecule has 0 atom stereocenters. The van der Waals surface area contributed by atoms with Crippen LogP contribution in [0.3, 0.4) is 0 Å². The number of rotatable bonds is 7. The van der Waals surface area contributed by atoms with Crippen LogP contribution in [0, 0.1) is 0 Å². The first kappa shape index (κ1) is 22.1. The van der Waals surface area contributed by atoms with Crippen LogP contribution in [0.15, 0.2) is 102 Å². The van der Waals surface area contributed by atoms with Crippen LogP contribution >= 0.6 is 15.9 Å². The second-order valence-corrected chi connectivity index (χ2v) is 8.27. The van der Waals surface area contributed by atoms with Crippen molar-refractivity contribution in [1.82, 2.24) is 9.97 Å². The van der Waals surface area contributed by atoms with Gasteiger partial charge in [-0.2, -0.15) is 0 Å². The minimum Gasteiger partial charge on any atom is -0.348 e. The summed E-state index contributed by atoms with van der Waals surface area (Å²) in [5.41, 5.74) is 4.14. The predicted octanol–water partition coefficient (Wildman–Crippen LogP) is 5.86. The van der Waals surface area contributed by atoms with Crippen molar-refractivity contribution in [2.24, 2.45) is 0 Å².